The third-order valence-electron chi connectivity index (χ3n) is 5.13. The molecule has 0 unspecified atom stereocenters. The van der Waals surface area contributed by atoms with E-state index in [4.69, 9.17) is 4.74 Å². The molecule has 0 bridgehead atoms. The largest absolute Gasteiger partial charge is 0.496 e. The molecule has 1 heterocycles. The number of fused-ring (bicyclic) bond motifs is 1. The van der Waals surface area contributed by atoms with Crippen molar-refractivity contribution in [3.8, 4) is 5.75 Å². The van der Waals surface area contributed by atoms with E-state index in [1.165, 1.54) is 19.2 Å². The van der Waals surface area contributed by atoms with Crippen LogP contribution < -0.4 is 10.1 Å². The molecule has 0 atom stereocenters. The van der Waals surface area contributed by atoms with Crippen molar-refractivity contribution in [2.45, 2.75) is 6.42 Å². The number of hydrogen-bond donors (Lipinski definition) is 1. The average molecular weight is 400 g/mol. The highest BCUT2D eigenvalue weighted by molar-refractivity contribution is 6.22. The van der Waals surface area contributed by atoms with Crippen LogP contribution in [-0.2, 0) is 6.42 Å². The maximum Gasteiger partial charge on any atom is 0.261 e. The van der Waals surface area contributed by atoms with Gasteiger partial charge in [0.2, 0.25) is 0 Å². The Morgan fingerprint density at radius 1 is 0.933 bits per heavy atom. The molecule has 4 rings (SSSR count). The molecule has 1 N–H and O–H groups in total. The van der Waals surface area contributed by atoms with E-state index in [-0.39, 0.29) is 17.4 Å². The van der Waals surface area contributed by atoms with Crippen molar-refractivity contribution in [2.75, 3.05) is 19.5 Å². The molecular weight excluding hydrogens is 380 g/mol. The molecule has 0 aromatic heterocycles. The number of carbonyl (C=O) groups is 3. The van der Waals surface area contributed by atoms with Gasteiger partial charge < -0.3 is 10.1 Å². The quantitative estimate of drug-likeness (QED) is 0.662. The summed E-state index contributed by atoms with van der Waals surface area (Å²) in [5.41, 5.74) is 3.56. The molecule has 0 spiro atoms. The number of methoxy groups -OCH3 is 1. The fraction of sp³-hybridized carbons (Fsp3) is 0.125. The summed E-state index contributed by atoms with van der Waals surface area (Å²) in [7, 11) is 3.04. The molecule has 6 nitrogen and oxygen atoms in total. The van der Waals surface area contributed by atoms with Crippen LogP contribution in [-0.4, -0.2) is 36.8 Å². The number of amides is 3. The Labute approximate surface area is 174 Å². The van der Waals surface area contributed by atoms with Gasteiger partial charge in [0.05, 0.1) is 18.2 Å². The zero-order valence-electron chi connectivity index (χ0n) is 16.6. The van der Waals surface area contributed by atoms with Crippen LogP contribution in [0.15, 0.2) is 66.7 Å². The first-order chi connectivity index (χ1) is 14.5. The minimum Gasteiger partial charge on any atom is -0.496 e. The first-order valence-electron chi connectivity index (χ1n) is 9.46. The predicted molar refractivity (Wildman–Crippen MR) is 113 cm³/mol. The van der Waals surface area contributed by atoms with Crippen molar-refractivity contribution in [3.05, 3.63) is 94.5 Å². The number of nitrogens with zero attached hydrogens (tertiary/aromatic N) is 1. The minimum atomic E-state index is -0.403. The van der Waals surface area contributed by atoms with E-state index < -0.39 is 5.91 Å². The van der Waals surface area contributed by atoms with E-state index in [0.29, 0.717) is 23.2 Å². The Balaban J connectivity index is 1.57. The van der Waals surface area contributed by atoms with E-state index in [2.05, 4.69) is 5.32 Å². The van der Waals surface area contributed by atoms with Gasteiger partial charge in [-0.05, 0) is 42.0 Å². The topological polar surface area (TPSA) is 75.7 Å². The summed E-state index contributed by atoms with van der Waals surface area (Å²) in [4.78, 5) is 38.0. The number of carbonyl (C=O) groups excluding carboxylic acids is 3. The fourth-order valence-corrected chi connectivity index (χ4v) is 3.52. The third-order valence-corrected chi connectivity index (χ3v) is 5.13. The Kier molecular flexibility index (Phi) is 5.06. The molecule has 0 saturated carbocycles. The average Bonchev–Trinajstić information content (AvgIpc) is 2.98. The lowest BCUT2D eigenvalue weighted by atomic mass is 10.0. The molecule has 3 aromatic rings. The van der Waals surface area contributed by atoms with Crippen LogP contribution in [0.3, 0.4) is 0 Å². The van der Waals surface area contributed by atoms with Gasteiger partial charge in [-0.25, -0.2) is 0 Å². The summed E-state index contributed by atoms with van der Waals surface area (Å²) in [5, 5.41) is 2.86. The zero-order valence-corrected chi connectivity index (χ0v) is 16.6. The molecule has 0 radical (unpaired) electrons. The molecular formula is C24H20N2O4. The summed E-state index contributed by atoms with van der Waals surface area (Å²) in [6.45, 7) is 0. The van der Waals surface area contributed by atoms with Gasteiger partial charge in [0.1, 0.15) is 5.75 Å². The molecule has 0 fully saturated rings. The maximum absolute atomic E-state index is 12.8. The lowest BCUT2D eigenvalue weighted by Crippen LogP contribution is -2.24. The molecule has 3 aromatic carbocycles. The fourth-order valence-electron chi connectivity index (χ4n) is 3.52. The second-order valence-electron chi connectivity index (χ2n) is 7.07. The smallest absolute Gasteiger partial charge is 0.261 e. The van der Waals surface area contributed by atoms with E-state index in [1.54, 1.807) is 19.2 Å². The standard InChI is InChI=1S/C24H20N2O4/c1-26-23(28)19-10-8-16(14-20(19)24(26)29)22(27)25-18-9-11-21(30-2)17(13-18)12-15-6-4-3-5-7-15/h3-11,13-14H,12H2,1-2H3,(H,25,27). The second-order valence-corrected chi connectivity index (χ2v) is 7.07. The van der Waals surface area contributed by atoms with E-state index in [1.807, 2.05) is 42.5 Å². The van der Waals surface area contributed by atoms with Gasteiger partial charge in [-0.2, -0.15) is 0 Å². The number of ether oxygens (including phenoxy) is 1. The Morgan fingerprint density at radius 3 is 2.40 bits per heavy atom. The summed E-state index contributed by atoms with van der Waals surface area (Å²) in [6.07, 6.45) is 0.662. The molecule has 30 heavy (non-hydrogen) atoms. The van der Waals surface area contributed by atoms with Gasteiger partial charge in [0.25, 0.3) is 17.7 Å². The molecule has 6 heteroatoms. The molecule has 0 aliphatic carbocycles. The van der Waals surface area contributed by atoms with Crippen molar-refractivity contribution in [1.29, 1.82) is 0 Å². The van der Waals surface area contributed by atoms with Gasteiger partial charge in [-0.15, -0.1) is 0 Å². The number of rotatable bonds is 5. The van der Waals surface area contributed by atoms with E-state index in [9.17, 15) is 14.4 Å². The lowest BCUT2D eigenvalue weighted by molar-refractivity contribution is 0.0693. The highest BCUT2D eigenvalue weighted by Gasteiger charge is 2.33. The van der Waals surface area contributed by atoms with Gasteiger partial charge in [0.15, 0.2) is 0 Å². The molecule has 150 valence electrons. The van der Waals surface area contributed by atoms with Crippen LogP contribution in [0, 0.1) is 0 Å². The first kappa shape index (κ1) is 19.4. The summed E-state index contributed by atoms with van der Waals surface area (Å²) >= 11 is 0. The number of nitrogens with one attached hydrogen (secondary N) is 1. The summed E-state index contributed by atoms with van der Waals surface area (Å²) in [5.74, 6) is -0.383. The first-order valence-corrected chi connectivity index (χ1v) is 9.46. The van der Waals surface area contributed by atoms with Crippen LogP contribution in [0.1, 0.15) is 42.2 Å². The normalized spacial score (nSPS) is 12.7. The van der Waals surface area contributed by atoms with Crippen molar-refractivity contribution >= 4 is 23.4 Å². The second kappa shape index (κ2) is 7.83. The zero-order chi connectivity index (χ0) is 21.3. The molecule has 1 aliphatic heterocycles. The van der Waals surface area contributed by atoms with Crippen molar-refractivity contribution in [1.82, 2.24) is 4.90 Å². The van der Waals surface area contributed by atoms with Crippen molar-refractivity contribution < 1.29 is 19.1 Å². The van der Waals surface area contributed by atoms with Crippen LogP contribution >= 0.6 is 0 Å². The highest BCUT2D eigenvalue weighted by Crippen LogP contribution is 2.27. The van der Waals surface area contributed by atoms with Gasteiger partial charge >= 0.3 is 0 Å². The highest BCUT2D eigenvalue weighted by atomic mass is 16.5. The van der Waals surface area contributed by atoms with Gasteiger partial charge in [0, 0.05) is 30.3 Å². The van der Waals surface area contributed by atoms with Crippen LogP contribution in [0.2, 0.25) is 0 Å². The van der Waals surface area contributed by atoms with Crippen LogP contribution in [0.4, 0.5) is 5.69 Å². The number of anilines is 1. The summed E-state index contributed by atoms with van der Waals surface area (Å²) < 4.78 is 5.46. The SMILES string of the molecule is COc1ccc(NC(=O)c2ccc3c(c2)C(=O)N(C)C3=O)cc1Cc1ccccc1. The van der Waals surface area contributed by atoms with Gasteiger partial charge in [-0.3, -0.25) is 19.3 Å². The van der Waals surface area contributed by atoms with Crippen molar-refractivity contribution in [3.63, 3.8) is 0 Å². The van der Waals surface area contributed by atoms with Crippen LogP contribution in [0.25, 0.3) is 0 Å². The van der Waals surface area contributed by atoms with E-state index >= 15 is 0 Å². The number of benzene rings is 3. The summed E-state index contributed by atoms with van der Waals surface area (Å²) in [6, 6.07) is 20.0. The number of hydrogen-bond acceptors (Lipinski definition) is 4. The monoisotopic (exact) mass is 400 g/mol. The molecule has 3 amide bonds. The molecule has 1 aliphatic rings. The Hall–Kier alpha value is -3.93. The minimum absolute atomic E-state index is 0.245. The maximum atomic E-state index is 12.8. The van der Waals surface area contributed by atoms with Gasteiger partial charge in [-0.1, -0.05) is 30.3 Å². The molecule has 0 saturated heterocycles. The van der Waals surface area contributed by atoms with Crippen LogP contribution in [0.5, 0.6) is 5.75 Å². The third kappa shape index (κ3) is 3.55. The van der Waals surface area contributed by atoms with E-state index in [0.717, 1.165) is 21.8 Å². The lowest BCUT2D eigenvalue weighted by Gasteiger charge is -2.12. The Bertz CT molecular complexity index is 1160. The predicted octanol–water partition coefficient (Wildman–Crippen LogP) is 3.76. The Morgan fingerprint density at radius 2 is 1.67 bits per heavy atom. The number of imide groups is 1. The van der Waals surface area contributed by atoms with Crippen molar-refractivity contribution in [2.24, 2.45) is 0 Å².